The summed E-state index contributed by atoms with van der Waals surface area (Å²) in [5.74, 6) is 0.532. The highest BCUT2D eigenvalue weighted by Crippen LogP contribution is 2.36. The minimum atomic E-state index is -1.70. The molecule has 0 aliphatic carbocycles. The van der Waals surface area contributed by atoms with Gasteiger partial charge in [0.05, 0.1) is 14.2 Å². The van der Waals surface area contributed by atoms with Gasteiger partial charge >= 0.3 is 0 Å². The molecule has 20 heavy (non-hydrogen) atoms. The fourth-order valence-corrected chi connectivity index (χ4v) is 2.57. The van der Waals surface area contributed by atoms with Gasteiger partial charge in [-0.25, -0.2) is 0 Å². The van der Waals surface area contributed by atoms with Crippen molar-refractivity contribution in [1.29, 1.82) is 0 Å². The minimum Gasteiger partial charge on any atom is -0.493 e. The molecule has 110 valence electrons. The number of halogens is 2. The Kier molecular flexibility index (Phi) is 4.32. The molecule has 0 atom stereocenters. The maximum absolute atomic E-state index is 11.3. The molecule has 0 bridgehead atoms. The minimum absolute atomic E-state index is 0.422. The smallest absolute Gasteiger partial charge is 0.269 e. The van der Waals surface area contributed by atoms with Crippen LogP contribution in [0.5, 0.6) is 11.5 Å². The van der Waals surface area contributed by atoms with Crippen LogP contribution in [-0.4, -0.2) is 36.0 Å². The van der Waals surface area contributed by atoms with E-state index in [0.29, 0.717) is 31.0 Å². The Balaban J connectivity index is 2.32. The fraction of sp³-hybridized carbons (Fsp3) is 0.462. The van der Waals surface area contributed by atoms with Gasteiger partial charge in [0.15, 0.2) is 11.5 Å². The lowest BCUT2D eigenvalue weighted by Gasteiger charge is -2.35. The molecule has 0 fully saturated rings. The number of carbonyl (C=O) groups is 1. The molecule has 0 saturated carbocycles. The van der Waals surface area contributed by atoms with Crippen LogP contribution in [0.3, 0.4) is 0 Å². The summed E-state index contributed by atoms with van der Waals surface area (Å²) in [6.07, 6.45) is 0.699. The summed E-state index contributed by atoms with van der Waals surface area (Å²) in [6.45, 7) is 0.962. The van der Waals surface area contributed by atoms with E-state index in [0.717, 1.165) is 11.1 Å². The lowest BCUT2D eigenvalue weighted by Crippen LogP contribution is -2.51. The second kappa shape index (κ2) is 5.68. The average molecular weight is 319 g/mol. The number of carbonyl (C=O) groups excluding carboxylic acids is 1. The van der Waals surface area contributed by atoms with E-state index in [1.165, 1.54) is 0 Å². The predicted octanol–water partition coefficient (Wildman–Crippen LogP) is 1.68. The van der Waals surface area contributed by atoms with Gasteiger partial charge < -0.3 is 15.2 Å². The number of nitrogens with two attached hydrogens (primary N) is 1. The number of rotatable bonds is 4. The summed E-state index contributed by atoms with van der Waals surface area (Å²) in [4.78, 5) is 13.0. The third-order valence-electron chi connectivity index (χ3n) is 3.41. The van der Waals surface area contributed by atoms with Gasteiger partial charge in [0.2, 0.25) is 0 Å². The van der Waals surface area contributed by atoms with E-state index in [4.69, 9.17) is 38.4 Å². The van der Waals surface area contributed by atoms with Gasteiger partial charge in [-0.3, -0.25) is 9.69 Å². The molecule has 1 heterocycles. The number of ether oxygens (including phenoxy) is 2. The number of benzene rings is 1. The van der Waals surface area contributed by atoms with Gasteiger partial charge in [-0.1, -0.05) is 23.2 Å². The van der Waals surface area contributed by atoms with Crippen LogP contribution >= 0.6 is 23.2 Å². The molecule has 0 radical (unpaired) electrons. The summed E-state index contributed by atoms with van der Waals surface area (Å²) in [5, 5.41) is 0. The number of amides is 1. The first-order valence-corrected chi connectivity index (χ1v) is 6.82. The van der Waals surface area contributed by atoms with Gasteiger partial charge in [0, 0.05) is 13.1 Å². The molecule has 1 aliphatic heterocycles. The quantitative estimate of drug-likeness (QED) is 0.677. The van der Waals surface area contributed by atoms with Crippen LogP contribution in [0.2, 0.25) is 0 Å². The monoisotopic (exact) mass is 318 g/mol. The second-order valence-electron chi connectivity index (χ2n) is 4.55. The number of methoxy groups -OCH3 is 2. The fourth-order valence-electron chi connectivity index (χ4n) is 2.28. The highest BCUT2D eigenvalue weighted by Gasteiger charge is 2.40. The van der Waals surface area contributed by atoms with Crippen molar-refractivity contribution in [3.05, 3.63) is 23.3 Å². The number of hydrogen-bond donors (Lipinski definition) is 1. The maximum Gasteiger partial charge on any atom is 0.269 e. The normalized spacial score (nSPS) is 15.6. The van der Waals surface area contributed by atoms with Crippen LogP contribution in [0, 0.1) is 0 Å². The Bertz CT molecular complexity index is 535. The van der Waals surface area contributed by atoms with E-state index in [9.17, 15) is 4.79 Å². The number of alkyl halides is 2. The molecular weight excluding hydrogens is 303 g/mol. The van der Waals surface area contributed by atoms with Crippen molar-refractivity contribution in [2.45, 2.75) is 17.4 Å². The number of nitrogens with zero attached hydrogens (tertiary/aromatic N) is 1. The number of hydrogen-bond acceptors (Lipinski definition) is 4. The molecule has 7 heteroatoms. The summed E-state index contributed by atoms with van der Waals surface area (Å²) in [7, 11) is 3.16. The Morgan fingerprint density at radius 1 is 1.25 bits per heavy atom. The van der Waals surface area contributed by atoms with Crippen molar-refractivity contribution < 1.29 is 14.3 Å². The molecule has 1 aromatic carbocycles. The topological polar surface area (TPSA) is 64.8 Å². The first-order valence-electron chi connectivity index (χ1n) is 6.06. The van der Waals surface area contributed by atoms with Crippen LogP contribution in [0.4, 0.5) is 0 Å². The zero-order valence-electron chi connectivity index (χ0n) is 11.3. The predicted molar refractivity (Wildman–Crippen MR) is 77.3 cm³/mol. The van der Waals surface area contributed by atoms with Gasteiger partial charge in [-0.15, -0.1) is 0 Å². The first-order chi connectivity index (χ1) is 9.40. The SMILES string of the molecule is COc1cc2c(cc1OC)CN(C(Cl)(Cl)C(N)=O)CC2. The lowest BCUT2D eigenvalue weighted by atomic mass is 9.98. The number of primary amides is 1. The lowest BCUT2D eigenvalue weighted by molar-refractivity contribution is -0.122. The third-order valence-corrected chi connectivity index (χ3v) is 4.26. The van der Waals surface area contributed by atoms with Gasteiger partial charge in [-0.05, 0) is 29.7 Å². The molecule has 5 nitrogen and oxygen atoms in total. The van der Waals surface area contributed by atoms with Crippen LogP contribution < -0.4 is 15.2 Å². The largest absolute Gasteiger partial charge is 0.493 e. The summed E-state index contributed by atoms with van der Waals surface area (Å²) in [5.41, 5.74) is 7.34. The first kappa shape index (κ1) is 15.2. The van der Waals surface area contributed by atoms with E-state index in [1.54, 1.807) is 19.1 Å². The van der Waals surface area contributed by atoms with E-state index >= 15 is 0 Å². The average Bonchev–Trinajstić information content (AvgIpc) is 2.44. The maximum atomic E-state index is 11.3. The third kappa shape index (κ3) is 2.66. The summed E-state index contributed by atoms with van der Waals surface area (Å²) >= 11 is 12.0. The van der Waals surface area contributed by atoms with Crippen molar-refractivity contribution in [2.75, 3.05) is 20.8 Å². The number of fused-ring (bicyclic) bond motifs is 1. The van der Waals surface area contributed by atoms with Gasteiger partial charge in [0.25, 0.3) is 10.4 Å². The molecule has 2 rings (SSSR count). The van der Waals surface area contributed by atoms with Crippen molar-refractivity contribution in [3.63, 3.8) is 0 Å². The van der Waals surface area contributed by atoms with Crippen molar-refractivity contribution in [3.8, 4) is 11.5 Å². The van der Waals surface area contributed by atoms with Crippen LogP contribution in [-0.2, 0) is 17.8 Å². The van der Waals surface area contributed by atoms with Crippen molar-refractivity contribution in [1.82, 2.24) is 4.90 Å². The Labute approximate surface area is 127 Å². The molecule has 0 saturated heterocycles. The zero-order chi connectivity index (χ0) is 14.9. The summed E-state index contributed by atoms with van der Waals surface area (Å²) in [6, 6.07) is 3.80. The van der Waals surface area contributed by atoms with E-state index in [1.807, 2.05) is 12.1 Å². The standard InChI is InChI=1S/C13H16Cl2N2O3/c1-19-10-5-8-3-4-17(13(14,15)12(16)18)7-9(8)6-11(10)20-2/h5-6H,3-4,7H2,1-2H3,(H2,16,18). The molecule has 1 aliphatic rings. The van der Waals surface area contributed by atoms with E-state index in [-0.39, 0.29) is 0 Å². The molecule has 1 amide bonds. The second-order valence-corrected chi connectivity index (χ2v) is 5.84. The van der Waals surface area contributed by atoms with Gasteiger partial charge in [-0.2, -0.15) is 0 Å². The molecule has 0 spiro atoms. The van der Waals surface area contributed by atoms with Crippen molar-refractivity contribution >= 4 is 29.1 Å². The zero-order valence-corrected chi connectivity index (χ0v) is 12.8. The molecule has 1 aromatic rings. The summed E-state index contributed by atoms with van der Waals surface area (Å²) < 4.78 is 8.84. The molecular formula is C13H16Cl2N2O3. The van der Waals surface area contributed by atoms with E-state index < -0.39 is 10.4 Å². The van der Waals surface area contributed by atoms with Crippen LogP contribution in [0.25, 0.3) is 0 Å². The molecule has 2 N–H and O–H groups in total. The Morgan fingerprint density at radius 3 is 2.30 bits per heavy atom. The van der Waals surface area contributed by atoms with Crippen LogP contribution in [0.15, 0.2) is 12.1 Å². The Hall–Kier alpha value is -1.17. The molecule has 0 unspecified atom stereocenters. The molecule has 0 aromatic heterocycles. The van der Waals surface area contributed by atoms with Gasteiger partial charge in [0.1, 0.15) is 0 Å². The van der Waals surface area contributed by atoms with Crippen molar-refractivity contribution in [2.24, 2.45) is 5.73 Å². The highest BCUT2D eigenvalue weighted by molar-refractivity contribution is 6.57. The Morgan fingerprint density at radius 2 is 1.80 bits per heavy atom. The van der Waals surface area contributed by atoms with Crippen LogP contribution in [0.1, 0.15) is 11.1 Å². The van der Waals surface area contributed by atoms with E-state index in [2.05, 4.69) is 0 Å². The highest BCUT2D eigenvalue weighted by atomic mass is 35.5.